The van der Waals surface area contributed by atoms with Crippen molar-refractivity contribution in [3.05, 3.63) is 41.1 Å². The van der Waals surface area contributed by atoms with Crippen LogP contribution in [0.15, 0.2) is 35.5 Å². The maximum absolute atomic E-state index is 13.3. The third-order valence-electron chi connectivity index (χ3n) is 5.32. The van der Waals surface area contributed by atoms with Crippen LogP contribution in [0.1, 0.15) is 18.9 Å². The standard InChI is InChI=1S/C20H23N5O4/c1-27-15-11-14-17(19(29-3)18(15)28-2)21-12-25(20(14)26)13-6-9-24(10-7-13)16-5-4-8-22-23-16/h4-5,8,11-13H,6-7,9-10H2,1-3H3. The van der Waals surface area contributed by atoms with E-state index in [1.54, 1.807) is 23.2 Å². The molecule has 1 aromatic carbocycles. The zero-order valence-corrected chi connectivity index (χ0v) is 16.7. The third kappa shape index (κ3) is 3.32. The third-order valence-corrected chi connectivity index (χ3v) is 5.32. The van der Waals surface area contributed by atoms with Crippen LogP contribution < -0.4 is 24.7 Å². The molecule has 1 fully saturated rings. The summed E-state index contributed by atoms with van der Waals surface area (Å²) in [4.78, 5) is 19.9. The first-order chi connectivity index (χ1) is 14.2. The average molecular weight is 397 g/mol. The highest BCUT2D eigenvalue weighted by Gasteiger charge is 2.25. The predicted molar refractivity (Wildman–Crippen MR) is 108 cm³/mol. The second-order valence-corrected chi connectivity index (χ2v) is 6.80. The molecule has 1 aliphatic rings. The van der Waals surface area contributed by atoms with Crippen LogP contribution in [0.2, 0.25) is 0 Å². The highest BCUT2D eigenvalue weighted by atomic mass is 16.5. The molecule has 3 heterocycles. The molecule has 1 aliphatic heterocycles. The molecule has 3 aromatic rings. The van der Waals surface area contributed by atoms with Crippen LogP contribution in [0.25, 0.3) is 10.9 Å². The average Bonchev–Trinajstić information content (AvgIpc) is 2.79. The van der Waals surface area contributed by atoms with Crippen LogP contribution in [0, 0.1) is 0 Å². The van der Waals surface area contributed by atoms with Gasteiger partial charge < -0.3 is 19.1 Å². The number of fused-ring (bicyclic) bond motifs is 1. The summed E-state index contributed by atoms with van der Waals surface area (Å²) >= 11 is 0. The monoisotopic (exact) mass is 397 g/mol. The van der Waals surface area contributed by atoms with Gasteiger partial charge >= 0.3 is 0 Å². The Balaban J connectivity index is 1.67. The number of anilines is 1. The Morgan fingerprint density at radius 2 is 1.83 bits per heavy atom. The van der Waals surface area contributed by atoms with E-state index >= 15 is 0 Å². The fourth-order valence-electron chi connectivity index (χ4n) is 3.84. The lowest BCUT2D eigenvalue weighted by Gasteiger charge is -2.33. The Morgan fingerprint density at radius 1 is 1.07 bits per heavy atom. The first kappa shape index (κ1) is 19.0. The molecule has 29 heavy (non-hydrogen) atoms. The first-order valence-corrected chi connectivity index (χ1v) is 9.40. The molecule has 0 N–H and O–H groups in total. The molecule has 4 rings (SSSR count). The number of rotatable bonds is 5. The molecule has 0 amide bonds. The number of hydrogen-bond acceptors (Lipinski definition) is 8. The molecule has 0 radical (unpaired) electrons. The van der Waals surface area contributed by atoms with Crippen molar-refractivity contribution in [1.82, 2.24) is 19.7 Å². The van der Waals surface area contributed by atoms with Crippen molar-refractivity contribution in [2.24, 2.45) is 0 Å². The summed E-state index contributed by atoms with van der Waals surface area (Å²) in [5.74, 6) is 2.11. The molecule has 0 atom stereocenters. The van der Waals surface area contributed by atoms with Crippen LogP contribution in [-0.4, -0.2) is 54.2 Å². The molecule has 0 saturated carbocycles. The van der Waals surface area contributed by atoms with Crippen LogP contribution in [0.3, 0.4) is 0 Å². The SMILES string of the molecule is COc1cc2c(=O)n(C3CCN(c4cccnn4)CC3)cnc2c(OC)c1OC. The molecule has 9 heteroatoms. The largest absolute Gasteiger partial charge is 0.493 e. The summed E-state index contributed by atoms with van der Waals surface area (Å²) in [6, 6.07) is 5.55. The topological polar surface area (TPSA) is 91.6 Å². The van der Waals surface area contributed by atoms with E-state index in [9.17, 15) is 4.79 Å². The Labute approximate surface area is 167 Å². The minimum atomic E-state index is -0.118. The van der Waals surface area contributed by atoms with Gasteiger partial charge in [0.25, 0.3) is 5.56 Å². The normalized spacial score (nSPS) is 14.8. The minimum absolute atomic E-state index is 0.0615. The fourth-order valence-corrected chi connectivity index (χ4v) is 3.84. The van der Waals surface area contributed by atoms with Gasteiger partial charge in [0.05, 0.1) is 33.0 Å². The van der Waals surface area contributed by atoms with Crippen molar-refractivity contribution in [2.75, 3.05) is 39.3 Å². The van der Waals surface area contributed by atoms with E-state index in [1.807, 2.05) is 12.1 Å². The van der Waals surface area contributed by atoms with Crippen molar-refractivity contribution >= 4 is 16.7 Å². The van der Waals surface area contributed by atoms with Gasteiger partial charge in [-0.2, -0.15) is 5.10 Å². The number of aromatic nitrogens is 4. The molecule has 9 nitrogen and oxygen atoms in total. The Bertz CT molecular complexity index is 1060. The van der Waals surface area contributed by atoms with E-state index in [-0.39, 0.29) is 11.6 Å². The highest BCUT2D eigenvalue weighted by molar-refractivity contribution is 5.89. The Hall–Kier alpha value is -3.36. The zero-order valence-electron chi connectivity index (χ0n) is 16.7. The molecule has 0 spiro atoms. The minimum Gasteiger partial charge on any atom is -0.493 e. The number of piperidine rings is 1. The van der Waals surface area contributed by atoms with Gasteiger partial charge in [-0.05, 0) is 31.0 Å². The number of nitrogens with zero attached hydrogens (tertiary/aromatic N) is 5. The lowest BCUT2D eigenvalue weighted by Crippen LogP contribution is -2.38. The summed E-state index contributed by atoms with van der Waals surface area (Å²) in [6.45, 7) is 1.59. The molecule has 2 aromatic heterocycles. The first-order valence-electron chi connectivity index (χ1n) is 9.40. The van der Waals surface area contributed by atoms with Crippen molar-refractivity contribution < 1.29 is 14.2 Å². The second-order valence-electron chi connectivity index (χ2n) is 6.80. The van der Waals surface area contributed by atoms with Crippen molar-refractivity contribution in [3.63, 3.8) is 0 Å². The van der Waals surface area contributed by atoms with Gasteiger partial charge in [0.2, 0.25) is 5.75 Å². The van der Waals surface area contributed by atoms with Crippen LogP contribution in [0.5, 0.6) is 17.2 Å². The van der Waals surface area contributed by atoms with Crippen LogP contribution in [-0.2, 0) is 0 Å². The number of hydrogen-bond donors (Lipinski definition) is 0. The predicted octanol–water partition coefficient (Wildman–Crippen LogP) is 2.05. The molecular weight excluding hydrogens is 374 g/mol. The van der Waals surface area contributed by atoms with Crippen LogP contribution >= 0.6 is 0 Å². The van der Waals surface area contributed by atoms with Gasteiger partial charge in [0, 0.05) is 25.3 Å². The summed E-state index contributed by atoms with van der Waals surface area (Å²) in [6.07, 6.45) is 4.89. The molecule has 0 unspecified atom stereocenters. The van der Waals surface area contributed by atoms with E-state index in [0.717, 1.165) is 31.7 Å². The summed E-state index contributed by atoms with van der Waals surface area (Å²) < 4.78 is 18.0. The van der Waals surface area contributed by atoms with E-state index in [1.165, 1.54) is 21.3 Å². The van der Waals surface area contributed by atoms with Gasteiger partial charge in [0.1, 0.15) is 5.52 Å². The smallest absolute Gasteiger partial charge is 0.261 e. The van der Waals surface area contributed by atoms with Gasteiger partial charge in [0.15, 0.2) is 17.3 Å². The Kier molecular flexibility index (Phi) is 5.20. The summed E-state index contributed by atoms with van der Waals surface area (Å²) in [5.41, 5.74) is 0.343. The number of methoxy groups -OCH3 is 3. The molecule has 1 saturated heterocycles. The van der Waals surface area contributed by atoms with Crippen molar-refractivity contribution in [1.29, 1.82) is 0 Å². The molecule has 152 valence electrons. The maximum atomic E-state index is 13.3. The van der Waals surface area contributed by atoms with E-state index in [4.69, 9.17) is 14.2 Å². The summed E-state index contributed by atoms with van der Waals surface area (Å²) in [5, 5.41) is 8.55. The molecular formula is C20H23N5O4. The van der Waals surface area contributed by atoms with Crippen LogP contribution in [0.4, 0.5) is 5.82 Å². The summed E-state index contributed by atoms with van der Waals surface area (Å²) in [7, 11) is 4.57. The lowest BCUT2D eigenvalue weighted by atomic mass is 10.0. The molecule has 0 aliphatic carbocycles. The second kappa shape index (κ2) is 7.94. The zero-order chi connectivity index (χ0) is 20.4. The van der Waals surface area contributed by atoms with Crippen molar-refractivity contribution in [3.8, 4) is 17.2 Å². The number of benzene rings is 1. The highest BCUT2D eigenvalue weighted by Crippen LogP contribution is 2.41. The van der Waals surface area contributed by atoms with Gasteiger partial charge in [-0.15, -0.1) is 5.10 Å². The molecule has 0 bridgehead atoms. The quantitative estimate of drug-likeness (QED) is 0.646. The van der Waals surface area contributed by atoms with Gasteiger partial charge in [-0.3, -0.25) is 9.36 Å². The maximum Gasteiger partial charge on any atom is 0.261 e. The van der Waals surface area contributed by atoms with Crippen molar-refractivity contribution in [2.45, 2.75) is 18.9 Å². The number of ether oxygens (including phenoxy) is 3. The van der Waals surface area contributed by atoms with E-state index in [0.29, 0.717) is 28.2 Å². The fraction of sp³-hybridized carbons (Fsp3) is 0.400. The van der Waals surface area contributed by atoms with E-state index in [2.05, 4.69) is 20.1 Å². The lowest BCUT2D eigenvalue weighted by molar-refractivity contribution is 0.326. The Morgan fingerprint density at radius 3 is 2.45 bits per heavy atom. The van der Waals surface area contributed by atoms with Gasteiger partial charge in [-0.25, -0.2) is 4.98 Å². The van der Waals surface area contributed by atoms with Gasteiger partial charge in [-0.1, -0.05) is 0 Å². The van der Waals surface area contributed by atoms with E-state index < -0.39 is 0 Å².